The zero-order valence-electron chi connectivity index (χ0n) is 17.0. The van der Waals surface area contributed by atoms with Gasteiger partial charge in [0.25, 0.3) is 0 Å². The van der Waals surface area contributed by atoms with Gasteiger partial charge in [0.2, 0.25) is 5.91 Å². The zero-order valence-corrected chi connectivity index (χ0v) is 17.0. The van der Waals surface area contributed by atoms with E-state index in [0.29, 0.717) is 18.8 Å². The molecule has 0 fully saturated rings. The normalized spacial score (nSPS) is 11.0. The Morgan fingerprint density at radius 1 is 1.07 bits per heavy atom. The number of amides is 1. The van der Waals surface area contributed by atoms with E-state index in [4.69, 9.17) is 5.10 Å². The summed E-state index contributed by atoms with van der Waals surface area (Å²) in [5, 5.41) is 7.85. The summed E-state index contributed by atoms with van der Waals surface area (Å²) in [4.78, 5) is 12.2. The lowest BCUT2D eigenvalue weighted by Gasteiger charge is -2.07. The molecule has 0 aliphatic rings. The molecule has 0 saturated carbocycles. The van der Waals surface area contributed by atoms with Crippen LogP contribution in [0.1, 0.15) is 37.8 Å². The number of aromatic nitrogens is 2. The Labute approximate surface area is 167 Å². The molecule has 0 radical (unpaired) electrons. The van der Waals surface area contributed by atoms with Crippen LogP contribution in [0.4, 0.5) is 0 Å². The third kappa shape index (κ3) is 5.32. The van der Waals surface area contributed by atoms with Crippen LogP contribution < -0.4 is 5.32 Å². The molecule has 3 rings (SSSR count). The molecular formula is C24H29N3O. The number of hydrogen-bond acceptors (Lipinski definition) is 2. The summed E-state index contributed by atoms with van der Waals surface area (Å²) < 4.78 is 1.90. The summed E-state index contributed by atoms with van der Waals surface area (Å²) >= 11 is 0. The van der Waals surface area contributed by atoms with Crippen molar-refractivity contribution < 1.29 is 4.79 Å². The van der Waals surface area contributed by atoms with E-state index in [-0.39, 0.29) is 5.91 Å². The summed E-state index contributed by atoms with van der Waals surface area (Å²) in [7, 11) is 0. The van der Waals surface area contributed by atoms with Gasteiger partial charge >= 0.3 is 0 Å². The fourth-order valence-corrected chi connectivity index (χ4v) is 3.10. The highest BCUT2D eigenvalue weighted by Crippen LogP contribution is 2.25. The van der Waals surface area contributed by atoms with Crippen LogP contribution in [0.25, 0.3) is 16.9 Å². The van der Waals surface area contributed by atoms with Gasteiger partial charge in [-0.05, 0) is 43.4 Å². The quantitative estimate of drug-likeness (QED) is 0.606. The molecular weight excluding hydrogens is 346 g/mol. The Balaban J connectivity index is 1.79. The van der Waals surface area contributed by atoms with E-state index in [0.717, 1.165) is 35.5 Å². The van der Waals surface area contributed by atoms with Crippen LogP contribution in [-0.2, 0) is 11.2 Å². The van der Waals surface area contributed by atoms with Gasteiger partial charge in [-0.2, -0.15) is 5.10 Å². The molecule has 1 aromatic heterocycles. The van der Waals surface area contributed by atoms with Crippen LogP contribution in [0.2, 0.25) is 0 Å². The first-order valence-electron chi connectivity index (χ1n) is 10.0. The second-order valence-corrected chi connectivity index (χ2v) is 7.68. The van der Waals surface area contributed by atoms with E-state index in [1.807, 2.05) is 41.2 Å². The van der Waals surface area contributed by atoms with Crippen LogP contribution in [0.3, 0.4) is 0 Å². The molecule has 1 amide bonds. The molecule has 28 heavy (non-hydrogen) atoms. The standard InChI is InChI=1S/C24H29N3O/c1-18(2)15-16-25-23(28)14-13-21-17-27(22-7-5-4-6-8-22)26-24(21)20-11-9-19(3)10-12-20/h4-12,17-18H,13-16H2,1-3H3,(H,25,28). The first-order chi connectivity index (χ1) is 13.5. The molecule has 0 spiro atoms. The number of benzene rings is 2. The molecule has 1 heterocycles. The fourth-order valence-electron chi connectivity index (χ4n) is 3.10. The summed E-state index contributed by atoms with van der Waals surface area (Å²) in [6.45, 7) is 7.15. The van der Waals surface area contributed by atoms with Gasteiger partial charge in [0.15, 0.2) is 0 Å². The zero-order chi connectivity index (χ0) is 19.9. The average molecular weight is 376 g/mol. The molecule has 1 N–H and O–H groups in total. The SMILES string of the molecule is Cc1ccc(-c2nn(-c3ccccc3)cc2CCC(=O)NCCC(C)C)cc1. The van der Waals surface area contributed by atoms with Gasteiger partial charge in [0.05, 0.1) is 11.4 Å². The first kappa shape index (κ1) is 19.9. The number of aryl methyl sites for hydroxylation is 2. The maximum atomic E-state index is 12.2. The number of nitrogens with one attached hydrogen (secondary N) is 1. The minimum atomic E-state index is 0.1000. The van der Waals surface area contributed by atoms with E-state index in [1.165, 1.54) is 5.56 Å². The predicted octanol–water partition coefficient (Wildman–Crippen LogP) is 4.94. The number of hydrogen-bond donors (Lipinski definition) is 1. The van der Waals surface area contributed by atoms with E-state index in [1.54, 1.807) is 0 Å². The summed E-state index contributed by atoms with van der Waals surface area (Å²) in [6, 6.07) is 18.5. The fraction of sp³-hybridized carbons (Fsp3) is 0.333. The van der Waals surface area contributed by atoms with Crippen molar-refractivity contribution in [3.8, 4) is 16.9 Å². The summed E-state index contributed by atoms with van der Waals surface area (Å²) in [5.41, 5.74) is 5.35. The largest absolute Gasteiger partial charge is 0.356 e. The maximum Gasteiger partial charge on any atom is 0.220 e. The van der Waals surface area contributed by atoms with Gasteiger partial charge in [-0.15, -0.1) is 0 Å². The number of carbonyl (C=O) groups is 1. The highest BCUT2D eigenvalue weighted by atomic mass is 16.1. The Kier molecular flexibility index (Phi) is 6.64. The van der Waals surface area contributed by atoms with Crippen molar-refractivity contribution in [1.82, 2.24) is 15.1 Å². The number of rotatable bonds is 8. The highest BCUT2D eigenvalue weighted by molar-refractivity contribution is 5.76. The molecule has 3 aromatic rings. The van der Waals surface area contributed by atoms with Gasteiger partial charge in [0.1, 0.15) is 0 Å². The molecule has 0 aliphatic heterocycles. The highest BCUT2D eigenvalue weighted by Gasteiger charge is 2.14. The van der Waals surface area contributed by atoms with E-state index in [9.17, 15) is 4.79 Å². The minimum Gasteiger partial charge on any atom is -0.356 e. The molecule has 0 atom stereocenters. The molecule has 4 heteroatoms. The third-order valence-electron chi connectivity index (χ3n) is 4.80. The lowest BCUT2D eigenvalue weighted by molar-refractivity contribution is -0.121. The van der Waals surface area contributed by atoms with E-state index >= 15 is 0 Å². The van der Waals surface area contributed by atoms with Gasteiger partial charge < -0.3 is 5.32 Å². The number of carbonyl (C=O) groups excluding carboxylic acids is 1. The van der Waals surface area contributed by atoms with E-state index < -0.39 is 0 Å². The molecule has 0 aliphatic carbocycles. The smallest absolute Gasteiger partial charge is 0.220 e. The lowest BCUT2D eigenvalue weighted by Crippen LogP contribution is -2.25. The Bertz CT molecular complexity index is 895. The van der Waals surface area contributed by atoms with Crippen molar-refractivity contribution in [3.63, 3.8) is 0 Å². The molecule has 146 valence electrons. The van der Waals surface area contributed by atoms with Crippen molar-refractivity contribution in [2.45, 2.75) is 40.0 Å². The molecule has 0 saturated heterocycles. The molecule has 4 nitrogen and oxygen atoms in total. The predicted molar refractivity (Wildman–Crippen MR) is 115 cm³/mol. The second kappa shape index (κ2) is 9.36. The average Bonchev–Trinajstić information content (AvgIpc) is 3.12. The Morgan fingerprint density at radius 3 is 2.46 bits per heavy atom. The van der Waals surface area contributed by atoms with Gasteiger partial charge in [-0.3, -0.25) is 4.79 Å². The minimum absolute atomic E-state index is 0.1000. The maximum absolute atomic E-state index is 12.2. The van der Waals surface area contributed by atoms with Crippen LogP contribution in [0, 0.1) is 12.8 Å². The Hall–Kier alpha value is -2.88. The van der Waals surface area contributed by atoms with Crippen LogP contribution >= 0.6 is 0 Å². The third-order valence-corrected chi connectivity index (χ3v) is 4.80. The monoisotopic (exact) mass is 375 g/mol. The van der Waals surface area contributed by atoms with Crippen molar-refractivity contribution in [2.24, 2.45) is 5.92 Å². The van der Waals surface area contributed by atoms with Gasteiger partial charge in [-0.25, -0.2) is 4.68 Å². The molecule has 0 bridgehead atoms. The van der Waals surface area contributed by atoms with Crippen molar-refractivity contribution in [2.75, 3.05) is 6.54 Å². The summed E-state index contributed by atoms with van der Waals surface area (Å²) in [6.07, 6.45) is 4.19. The number of para-hydroxylation sites is 1. The number of nitrogens with zero attached hydrogens (tertiary/aromatic N) is 2. The molecule has 2 aromatic carbocycles. The lowest BCUT2D eigenvalue weighted by atomic mass is 10.0. The van der Waals surface area contributed by atoms with Crippen LogP contribution in [0.15, 0.2) is 60.8 Å². The van der Waals surface area contributed by atoms with Crippen molar-refractivity contribution >= 4 is 5.91 Å². The van der Waals surface area contributed by atoms with Gasteiger partial charge in [-0.1, -0.05) is 61.9 Å². The molecule has 0 unspecified atom stereocenters. The van der Waals surface area contributed by atoms with Crippen LogP contribution in [0.5, 0.6) is 0 Å². The van der Waals surface area contributed by atoms with Gasteiger partial charge in [0, 0.05) is 24.7 Å². The van der Waals surface area contributed by atoms with Crippen LogP contribution in [-0.4, -0.2) is 22.2 Å². The van der Waals surface area contributed by atoms with E-state index in [2.05, 4.69) is 50.4 Å². The first-order valence-corrected chi connectivity index (χ1v) is 10.0. The Morgan fingerprint density at radius 2 is 1.79 bits per heavy atom. The summed E-state index contributed by atoms with van der Waals surface area (Å²) in [5.74, 6) is 0.695. The van der Waals surface area contributed by atoms with Crippen molar-refractivity contribution in [1.29, 1.82) is 0 Å². The van der Waals surface area contributed by atoms with Crippen molar-refractivity contribution in [3.05, 3.63) is 71.9 Å². The topological polar surface area (TPSA) is 46.9 Å². The second-order valence-electron chi connectivity index (χ2n) is 7.68.